The van der Waals surface area contributed by atoms with E-state index in [1.807, 2.05) is 10.0 Å². The lowest BCUT2D eigenvalue weighted by atomic mass is 10.0. The van der Waals surface area contributed by atoms with Crippen molar-refractivity contribution in [1.82, 2.24) is 19.8 Å². The Bertz CT molecular complexity index is 1180. The van der Waals surface area contributed by atoms with Crippen molar-refractivity contribution >= 4 is 42.1 Å². The van der Waals surface area contributed by atoms with E-state index in [4.69, 9.17) is 4.74 Å². The van der Waals surface area contributed by atoms with Crippen LogP contribution >= 0.6 is 18.9 Å². The van der Waals surface area contributed by atoms with Crippen LogP contribution in [0.1, 0.15) is 45.1 Å². The summed E-state index contributed by atoms with van der Waals surface area (Å²) in [5.74, 6) is -0.738. The Kier molecular flexibility index (Phi) is 9.91. The lowest BCUT2D eigenvalue weighted by molar-refractivity contribution is -0.113. The summed E-state index contributed by atoms with van der Waals surface area (Å²) < 4.78 is 32.4. The summed E-state index contributed by atoms with van der Waals surface area (Å²) >= 11 is 1.20. The third-order valence-electron chi connectivity index (χ3n) is 7.22. The summed E-state index contributed by atoms with van der Waals surface area (Å²) in [5.41, 5.74) is 0.302. The van der Waals surface area contributed by atoms with E-state index in [1.165, 1.54) is 36.0 Å². The van der Waals surface area contributed by atoms with Crippen LogP contribution in [0.15, 0.2) is 28.1 Å². The first-order valence-electron chi connectivity index (χ1n) is 13.7. The number of hydrazine groups is 1. The number of likely N-dealkylation sites (tertiary alicyclic amines) is 1. The summed E-state index contributed by atoms with van der Waals surface area (Å²) in [6.45, 7) is 12.4. The van der Waals surface area contributed by atoms with Gasteiger partial charge < -0.3 is 19.1 Å². The number of benzene rings is 1. The fourth-order valence-corrected chi connectivity index (χ4v) is 7.30. The van der Waals surface area contributed by atoms with E-state index in [0.29, 0.717) is 47.6 Å². The molecule has 3 aliphatic heterocycles. The van der Waals surface area contributed by atoms with Gasteiger partial charge >= 0.3 is 6.09 Å². The number of carbonyl (C=O) groups excluding carboxylic acids is 2. The van der Waals surface area contributed by atoms with Crippen molar-refractivity contribution in [2.24, 2.45) is 4.99 Å². The second kappa shape index (κ2) is 13.0. The molecular weight excluding hydrogens is 540 g/mol. The van der Waals surface area contributed by atoms with E-state index < -0.39 is 25.0 Å². The topological polar surface area (TPSA) is 85.8 Å². The Morgan fingerprint density at radius 1 is 1.18 bits per heavy atom. The number of thioether (sulfide) groups is 1. The molecule has 2 amide bonds. The van der Waals surface area contributed by atoms with Crippen LogP contribution in [0, 0.1) is 5.82 Å². The molecule has 0 saturated carbocycles. The third-order valence-corrected chi connectivity index (χ3v) is 9.22. The highest BCUT2D eigenvalue weighted by atomic mass is 32.2. The summed E-state index contributed by atoms with van der Waals surface area (Å²) in [7, 11) is -2.32. The second-order valence-electron chi connectivity index (χ2n) is 10.6. The molecule has 9 nitrogen and oxygen atoms in total. The van der Waals surface area contributed by atoms with Crippen LogP contribution in [0.5, 0.6) is 5.75 Å². The molecule has 0 bridgehead atoms. The van der Waals surface area contributed by atoms with Gasteiger partial charge in [0.2, 0.25) is 0 Å². The minimum Gasteiger partial charge on any atom is -0.410 e. The van der Waals surface area contributed by atoms with E-state index in [2.05, 4.69) is 23.7 Å². The number of ether oxygens (including phenoxy) is 1. The van der Waals surface area contributed by atoms with Crippen molar-refractivity contribution in [2.45, 2.75) is 45.6 Å². The molecule has 2 saturated heterocycles. The molecule has 0 atom stereocenters. The molecule has 0 aliphatic carbocycles. The highest BCUT2D eigenvalue weighted by Gasteiger charge is 2.33. The van der Waals surface area contributed by atoms with Crippen molar-refractivity contribution in [1.29, 1.82) is 0 Å². The molecular formula is C27H39FN5O4PS. The average Bonchev–Trinajstić information content (AvgIpc) is 3.25. The first kappa shape index (κ1) is 29.8. The number of aliphatic imine (C=N–C) groups is 1. The number of halogens is 1. The summed E-state index contributed by atoms with van der Waals surface area (Å²) in [5, 5.41) is 4.46. The maximum absolute atomic E-state index is 14.2. The zero-order valence-corrected chi connectivity index (χ0v) is 25.0. The van der Waals surface area contributed by atoms with Crippen LogP contribution in [0.3, 0.4) is 0 Å². The molecule has 4 rings (SSSR count). The minimum atomic E-state index is -2.32. The largest absolute Gasteiger partial charge is 0.415 e. The second-order valence-corrected chi connectivity index (χ2v) is 15.0. The first-order chi connectivity index (χ1) is 18.6. The van der Waals surface area contributed by atoms with Gasteiger partial charge in [-0.05, 0) is 88.1 Å². The number of carbonyl (C=O) groups is 2. The van der Waals surface area contributed by atoms with Gasteiger partial charge in [0.1, 0.15) is 11.6 Å². The van der Waals surface area contributed by atoms with Crippen LogP contribution in [-0.2, 0) is 9.36 Å². The molecule has 0 spiro atoms. The highest BCUT2D eigenvalue weighted by Crippen LogP contribution is 2.40. The van der Waals surface area contributed by atoms with Crippen molar-refractivity contribution in [3.63, 3.8) is 0 Å². The highest BCUT2D eigenvalue weighted by molar-refractivity contribution is 8.18. The quantitative estimate of drug-likeness (QED) is 0.330. The Hall–Kier alpha value is -2.20. The van der Waals surface area contributed by atoms with Crippen LogP contribution in [0.2, 0.25) is 0 Å². The maximum Gasteiger partial charge on any atom is 0.415 e. The number of piperidine rings is 1. The standard InChI is InChI=1S/C27H39FN5O4PS/c1-5-30(6-2)22-11-15-31(16-12-22)27(35)37-23-10-9-21(28)17-20(23)18-24-25(34)29-26(39-24)33-14-8-7-13-32(33)19-38(3,4)36/h9-10,17-18,22H,5-8,11-16,19H2,1-4H3/b24-18-. The molecule has 0 N–H and O–H groups in total. The van der Waals surface area contributed by atoms with Crippen molar-refractivity contribution in [3.05, 3.63) is 34.5 Å². The van der Waals surface area contributed by atoms with Gasteiger partial charge in [0, 0.05) is 37.8 Å². The monoisotopic (exact) mass is 579 g/mol. The maximum atomic E-state index is 14.2. The average molecular weight is 580 g/mol. The molecule has 3 aliphatic rings. The number of amides is 2. The fraction of sp³-hybridized carbons (Fsp3) is 0.593. The molecule has 0 aromatic heterocycles. The fourth-order valence-electron chi connectivity index (χ4n) is 5.26. The van der Waals surface area contributed by atoms with Crippen molar-refractivity contribution in [2.75, 3.05) is 58.9 Å². The predicted octanol–water partition coefficient (Wildman–Crippen LogP) is 4.99. The molecule has 39 heavy (non-hydrogen) atoms. The van der Waals surface area contributed by atoms with E-state index in [1.54, 1.807) is 18.2 Å². The van der Waals surface area contributed by atoms with Crippen LogP contribution < -0.4 is 4.74 Å². The van der Waals surface area contributed by atoms with Gasteiger partial charge in [-0.1, -0.05) is 13.8 Å². The lowest BCUT2D eigenvalue weighted by Crippen LogP contribution is -2.49. The Labute approximate surface area is 234 Å². The van der Waals surface area contributed by atoms with Gasteiger partial charge in [-0.15, -0.1) is 0 Å². The number of nitrogens with zero attached hydrogens (tertiary/aromatic N) is 5. The molecule has 1 aromatic rings. The Morgan fingerprint density at radius 3 is 2.54 bits per heavy atom. The number of rotatable bonds is 7. The van der Waals surface area contributed by atoms with E-state index >= 15 is 0 Å². The smallest absolute Gasteiger partial charge is 0.410 e. The van der Waals surface area contributed by atoms with Gasteiger partial charge in [-0.2, -0.15) is 4.99 Å². The number of hydrogen-bond donors (Lipinski definition) is 0. The summed E-state index contributed by atoms with van der Waals surface area (Å²) in [4.78, 5) is 34.5. The third kappa shape index (κ3) is 7.72. The van der Waals surface area contributed by atoms with Gasteiger partial charge in [0.05, 0.1) is 18.3 Å². The lowest BCUT2D eigenvalue weighted by Gasteiger charge is -2.40. The summed E-state index contributed by atoms with van der Waals surface area (Å²) in [6, 6.07) is 4.36. The van der Waals surface area contributed by atoms with Gasteiger partial charge in [-0.3, -0.25) is 9.80 Å². The van der Waals surface area contributed by atoms with Crippen molar-refractivity contribution < 1.29 is 23.3 Å². The van der Waals surface area contributed by atoms with Gasteiger partial charge in [-0.25, -0.2) is 14.2 Å². The number of amidine groups is 1. The Morgan fingerprint density at radius 2 is 1.87 bits per heavy atom. The molecule has 214 valence electrons. The van der Waals surface area contributed by atoms with Crippen LogP contribution in [-0.4, -0.2) is 102 Å². The Balaban J connectivity index is 1.45. The molecule has 12 heteroatoms. The van der Waals surface area contributed by atoms with E-state index in [-0.39, 0.29) is 5.75 Å². The molecule has 3 heterocycles. The normalized spacial score (nSPS) is 20.7. The van der Waals surface area contributed by atoms with Gasteiger partial charge in [0.25, 0.3) is 5.91 Å². The zero-order chi connectivity index (χ0) is 28.2. The molecule has 1 aromatic carbocycles. The molecule has 2 fully saturated rings. The van der Waals surface area contributed by atoms with Crippen LogP contribution in [0.25, 0.3) is 6.08 Å². The zero-order valence-electron chi connectivity index (χ0n) is 23.3. The van der Waals surface area contributed by atoms with E-state index in [0.717, 1.165) is 45.3 Å². The minimum absolute atomic E-state index is 0.194. The predicted molar refractivity (Wildman–Crippen MR) is 155 cm³/mol. The van der Waals surface area contributed by atoms with Crippen molar-refractivity contribution in [3.8, 4) is 5.75 Å². The molecule has 0 radical (unpaired) electrons. The van der Waals surface area contributed by atoms with E-state index in [9.17, 15) is 18.5 Å². The molecule has 0 unspecified atom stereocenters. The van der Waals surface area contributed by atoms with Crippen LogP contribution in [0.4, 0.5) is 9.18 Å². The number of hydrogen-bond acceptors (Lipinski definition) is 8. The first-order valence-corrected chi connectivity index (χ1v) is 17.3. The van der Waals surface area contributed by atoms with Gasteiger partial charge in [0.15, 0.2) is 5.17 Å². The summed E-state index contributed by atoms with van der Waals surface area (Å²) in [6.07, 6.45) is 5.14. The SMILES string of the molecule is CCN(CC)C1CCN(C(=O)Oc2ccc(F)cc2/C=C2\SC(N3CCCCN3CP(C)(C)=O)=NC2=O)CC1.